The third-order valence-corrected chi connectivity index (χ3v) is 2.03. The molecule has 0 unspecified atom stereocenters. The first kappa shape index (κ1) is 11.6. The van der Waals surface area contributed by atoms with Gasteiger partial charge in [-0.25, -0.2) is 5.84 Å². The summed E-state index contributed by atoms with van der Waals surface area (Å²) in [5, 5.41) is 7.56. The van der Waals surface area contributed by atoms with Crippen LogP contribution in [0.15, 0.2) is 5.10 Å². The van der Waals surface area contributed by atoms with Crippen LogP contribution in [0.25, 0.3) is 0 Å². The lowest BCUT2D eigenvalue weighted by Gasteiger charge is -2.16. The molecule has 0 aliphatic carbocycles. The summed E-state index contributed by atoms with van der Waals surface area (Å²) < 4.78 is 0. The molecule has 0 aromatic heterocycles. The molecule has 0 bridgehead atoms. The van der Waals surface area contributed by atoms with Crippen LogP contribution in [0, 0.1) is 0 Å². The SMILES string of the molecule is CCSC/C(=N/N(C)C)N(C)N. The molecule has 0 spiro atoms. The van der Waals surface area contributed by atoms with E-state index in [1.165, 1.54) is 0 Å². The Balaban J connectivity index is 4.04. The van der Waals surface area contributed by atoms with Gasteiger partial charge in [0, 0.05) is 21.1 Å². The summed E-state index contributed by atoms with van der Waals surface area (Å²) in [5.74, 6) is 8.43. The van der Waals surface area contributed by atoms with E-state index in [0.29, 0.717) is 0 Å². The minimum absolute atomic E-state index is 0.863. The monoisotopic (exact) mass is 190 g/mol. The van der Waals surface area contributed by atoms with E-state index < -0.39 is 0 Å². The largest absolute Gasteiger partial charge is 0.301 e. The molecule has 4 nitrogen and oxygen atoms in total. The molecular weight excluding hydrogens is 172 g/mol. The summed E-state index contributed by atoms with van der Waals surface area (Å²) in [4.78, 5) is 0. The molecule has 2 N–H and O–H groups in total. The number of nitrogens with two attached hydrogens (primary N) is 1. The van der Waals surface area contributed by atoms with E-state index in [1.807, 2.05) is 25.9 Å². The highest BCUT2D eigenvalue weighted by Gasteiger charge is 2.02. The Morgan fingerprint density at radius 2 is 2.00 bits per heavy atom. The molecule has 12 heavy (non-hydrogen) atoms. The maximum Gasteiger partial charge on any atom is 0.148 e. The van der Waals surface area contributed by atoms with E-state index in [2.05, 4.69) is 12.0 Å². The highest BCUT2D eigenvalue weighted by atomic mass is 32.2. The number of rotatable bonds is 4. The number of nitrogens with zero attached hydrogens (tertiary/aromatic N) is 3. The summed E-state index contributed by atoms with van der Waals surface area (Å²) in [6.45, 7) is 2.12. The number of hydrazone groups is 1. The highest BCUT2D eigenvalue weighted by molar-refractivity contribution is 7.99. The van der Waals surface area contributed by atoms with E-state index >= 15 is 0 Å². The molecule has 0 saturated carbocycles. The van der Waals surface area contributed by atoms with Crippen LogP contribution in [0.2, 0.25) is 0 Å². The van der Waals surface area contributed by atoms with Gasteiger partial charge in [-0.15, -0.1) is 0 Å². The number of thioether (sulfide) groups is 1. The second-order valence-corrected chi connectivity index (χ2v) is 3.89. The van der Waals surface area contributed by atoms with Crippen LogP contribution in [-0.2, 0) is 0 Å². The standard InChI is InChI=1S/C7H18N4S/c1-5-12-6-7(11(4)8)9-10(2)3/h5-6,8H2,1-4H3/b9-7-. The van der Waals surface area contributed by atoms with Gasteiger partial charge in [0.25, 0.3) is 0 Å². The Labute approximate surface area is 78.7 Å². The number of hydrogen-bond acceptors (Lipinski definition) is 4. The maximum absolute atomic E-state index is 5.59. The highest BCUT2D eigenvalue weighted by Crippen LogP contribution is 2.00. The molecule has 0 heterocycles. The van der Waals surface area contributed by atoms with E-state index in [4.69, 9.17) is 5.84 Å². The van der Waals surface area contributed by atoms with Crippen molar-refractivity contribution in [2.75, 3.05) is 32.6 Å². The molecule has 0 aliphatic rings. The number of hydrogen-bond donors (Lipinski definition) is 1. The Hall–Kier alpha value is -0.420. The average molecular weight is 190 g/mol. The molecule has 0 aliphatic heterocycles. The zero-order valence-electron chi connectivity index (χ0n) is 8.24. The second-order valence-electron chi connectivity index (χ2n) is 2.61. The molecule has 0 radical (unpaired) electrons. The van der Waals surface area contributed by atoms with Gasteiger partial charge >= 0.3 is 0 Å². The molecule has 0 saturated heterocycles. The summed E-state index contributed by atoms with van der Waals surface area (Å²) >= 11 is 1.81. The van der Waals surface area contributed by atoms with Crippen LogP contribution in [-0.4, -0.2) is 48.5 Å². The third-order valence-electron chi connectivity index (χ3n) is 1.16. The normalized spacial score (nSPS) is 11.6. The molecule has 0 fully saturated rings. The van der Waals surface area contributed by atoms with Crippen molar-refractivity contribution in [3.05, 3.63) is 0 Å². The second kappa shape index (κ2) is 6.14. The Bertz CT molecular complexity index is 144. The predicted molar refractivity (Wildman–Crippen MR) is 56.1 cm³/mol. The van der Waals surface area contributed by atoms with Crippen LogP contribution in [0.1, 0.15) is 6.92 Å². The first-order valence-electron chi connectivity index (χ1n) is 3.89. The van der Waals surface area contributed by atoms with Gasteiger partial charge in [-0.05, 0) is 5.75 Å². The molecule has 0 atom stereocenters. The Morgan fingerprint density at radius 3 is 2.33 bits per heavy atom. The third kappa shape index (κ3) is 5.26. The zero-order valence-corrected chi connectivity index (χ0v) is 9.06. The van der Waals surface area contributed by atoms with Crippen molar-refractivity contribution in [3.63, 3.8) is 0 Å². The van der Waals surface area contributed by atoms with Gasteiger partial charge in [-0.2, -0.15) is 16.9 Å². The maximum atomic E-state index is 5.59. The molecule has 0 aromatic carbocycles. The van der Waals surface area contributed by atoms with Crippen LogP contribution in [0.3, 0.4) is 0 Å². The van der Waals surface area contributed by atoms with E-state index in [-0.39, 0.29) is 0 Å². The number of amidine groups is 1. The van der Waals surface area contributed by atoms with Crippen molar-refractivity contribution in [2.24, 2.45) is 10.9 Å². The van der Waals surface area contributed by atoms with Gasteiger partial charge in [-0.3, -0.25) is 5.01 Å². The van der Waals surface area contributed by atoms with E-state index in [9.17, 15) is 0 Å². The van der Waals surface area contributed by atoms with E-state index in [1.54, 1.807) is 17.1 Å². The van der Waals surface area contributed by atoms with Crippen molar-refractivity contribution in [1.29, 1.82) is 0 Å². The van der Waals surface area contributed by atoms with Gasteiger partial charge in [0.1, 0.15) is 5.84 Å². The number of hydrazine groups is 1. The summed E-state index contributed by atoms with van der Waals surface area (Å²) in [7, 11) is 5.58. The van der Waals surface area contributed by atoms with Crippen molar-refractivity contribution < 1.29 is 0 Å². The van der Waals surface area contributed by atoms with E-state index in [0.717, 1.165) is 17.3 Å². The fourth-order valence-corrected chi connectivity index (χ4v) is 1.27. The average Bonchev–Trinajstić information content (AvgIpc) is 1.96. The topological polar surface area (TPSA) is 44.9 Å². The van der Waals surface area contributed by atoms with Gasteiger partial charge in [0.2, 0.25) is 0 Å². The molecule has 0 amide bonds. The first-order chi connectivity index (χ1) is 5.57. The zero-order chi connectivity index (χ0) is 9.56. The summed E-state index contributed by atoms with van der Waals surface area (Å²) in [6.07, 6.45) is 0. The lowest BCUT2D eigenvalue weighted by Crippen LogP contribution is -2.36. The predicted octanol–water partition coefficient (Wildman–Crippen LogP) is 0.420. The van der Waals surface area contributed by atoms with Crippen LogP contribution in [0.4, 0.5) is 0 Å². The molecule has 0 aromatic rings. The molecule has 72 valence electrons. The van der Waals surface area contributed by atoms with Gasteiger partial charge < -0.3 is 5.01 Å². The fourth-order valence-electron chi connectivity index (χ4n) is 0.625. The van der Waals surface area contributed by atoms with Crippen molar-refractivity contribution in [2.45, 2.75) is 6.92 Å². The van der Waals surface area contributed by atoms with Crippen LogP contribution >= 0.6 is 11.8 Å². The Kier molecular flexibility index (Phi) is 5.92. The lowest BCUT2D eigenvalue weighted by molar-refractivity contribution is 0.415. The smallest absolute Gasteiger partial charge is 0.148 e. The molecule has 0 rings (SSSR count). The van der Waals surface area contributed by atoms with Crippen molar-refractivity contribution in [1.82, 2.24) is 10.0 Å². The van der Waals surface area contributed by atoms with Crippen LogP contribution in [0.5, 0.6) is 0 Å². The quantitative estimate of drug-likeness (QED) is 0.302. The minimum atomic E-state index is 0.863. The summed E-state index contributed by atoms with van der Waals surface area (Å²) in [6, 6.07) is 0. The summed E-state index contributed by atoms with van der Waals surface area (Å²) in [5.41, 5.74) is 0. The first-order valence-corrected chi connectivity index (χ1v) is 5.04. The lowest BCUT2D eigenvalue weighted by atomic mass is 10.6. The van der Waals surface area contributed by atoms with Gasteiger partial charge in [-0.1, -0.05) is 6.92 Å². The Morgan fingerprint density at radius 1 is 1.42 bits per heavy atom. The molecular formula is C7H18N4S. The van der Waals surface area contributed by atoms with Gasteiger partial charge in [0.15, 0.2) is 0 Å². The van der Waals surface area contributed by atoms with Gasteiger partial charge in [0.05, 0.1) is 5.75 Å². The minimum Gasteiger partial charge on any atom is -0.301 e. The fraction of sp³-hybridized carbons (Fsp3) is 0.857. The van der Waals surface area contributed by atoms with Crippen molar-refractivity contribution >= 4 is 17.6 Å². The van der Waals surface area contributed by atoms with Crippen molar-refractivity contribution in [3.8, 4) is 0 Å². The molecule has 5 heteroatoms. The van der Waals surface area contributed by atoms with Crippen LogP contribution < -0.4 is 5.84 Å².